The molecule has 0 radical (unpaired) electrons. The van der Waals surface area contributed by atoms with Crippen molar-refractivity contribution < 1.29 is 4.74 Å². The minimum atomic E-state index is 0.596. The van der Waals surface area contributed by atoms with Gasteiger partial charge in [-0.2, -0.15) is 0 Å². The number of aromatic nitrogens is 1. The summed E-state index contributed by atoms with van der Waals surface area (Å²) in [4.78, 5) is 0. The molecule has 1 heterocycles. The Kier molecular flexibility index (Phi) is 3.51. The van der Waals surface area contributed by atoms with Crippen molar-refractivity contribution in [3.8, 4) is 5.75 Å². The quantitative estimate of drug-likeness (QED) is 0.492. The lowest BCUT2D eigenvalue weighted by atomic mass is 10.1. The van der Waals surface area contributed by atoms with E-state index in [1.165, 1.54) is 27.4 Å². The normalized spacial score (nSPS) is 11.2. The summed E-state index contributed by atoms with van der Waals surface area (Å²) in [6.07, 6.45) is 0. The number of rotatable bonds is 4. The number of nitrogens with zero attached hydrogens (tertiary/aromatic N) is 1. The third-order valence-electron chi connectivity index (χ3n) is 4.31. The maximum atomic E-state index is 5.98. The monoisotopic (exact) mass is 301 g/mol. The van der Waals surface area contributed by atoms with Crippen LogP contribution in [0.1, 0.15) is 12.5 Å². The Bertz CT molecular complexity index is 954. The molecule has 114 valence electrons. The van der Waals surface area contributed by atoms with Crippen LogP contribution >= 0.6 is 0 Å². The predicted molar refractivity (Wildman–Crippen MR) is 95.9 cm³/mol. The van der Waals surface area contributed by atoms with Gasteiger partial charge in [0.05, 0.1) is 5.52 Å². The maximum absolute atomic E-state index is 5.98. The van der Waals surface area contributed by atoms with Gasteiger partial charge in [-0.25, -0.2) is 0 Å². The zero-order valence-corrected chi connectivity index (χ0v) is 13.2. The molecule has 0 spiro atoms. The zero-order valence-electron chi connectivity index (χ0n) is 13.2. The second-order valence-electron chi connectivity index (χ2n) is 5.71. The molecular weight excluding hydrogens is 282 g/mol. The number of para-hydroxylation sites is 1. The first-order valence-electron chi connectivity index (χ1n) is 8.04. The molecule has 0 unspecified atom stereocenters. The smallest absolute Gasteiger partial charge is 0.121 e. The van der Waals surface area contributed by atoms with Crippen molar-refractivity contribution in [2.24, 2.45) is 0 Å². The van der Waals surface area contributed by atoms with Crippen LogP contribution in [0.5, 0.6) is 5.75 Å². The Hall–Kier alpha value is -2.74. The number of aryl methyl sites for hydroxylation is 1. The molecule has 3 aromatic carbocycles. The van der Waals surface area contributed by atoms with Gasteiger partial charge >= 0.3 is 0 Å². The lowest BCUT2D eigenvalue weighted by Crippen LogP contribution is -1.96. The Balaban J connectivity index is 1.74. The van der Waals surface area contributed by atoms with Crippen LogP contribution in [0.3, 0.4) is 0 Å². The summed E-state index contributed by atoms with van der Waals surface area (Å²) >= 11 is 0. The summed E-state index contributed by atoms with van der Waals surface area (Å²) < 4.78 is 8.33. The van der Waals surface area contributed by atoms with Crippen molar-refractivity contribution in [2.75, 3.05) is 0 Å². The molecule has 23 heavy (non-hydrogen) atoms. The van der Waals surface area contributed by atoms with E-state index in [4.69, 9.17) is 4.74 Å². The molecule has 0 amide bonds. The highest BCUT2D eigenvalue weighted by Gasteiger charge is 2.10. The summed E-state index contributed by atoms with van der Waals surface area (Å²) in [7, 11) is 0. The molecular formula is C21H19NO. The van der Waals surface area contributed by atoms with Gasteiger partial charge in [-0.1, -0.05) is 48.5 Å². The minimum Gasteiger partial charge on any atom is -0.489 e. The topological polar surface area (TPSA) is 14.2 Å². The molecule has 0 bridgehead atoms. The Labute approximate surface area is 135 Å². The van der Waals surface area contributed by atoms with Crippen LogP contribution in [0.2, 0.25) is 0 Å². The van der Waals surface area contributed by atoms with Crippen molar-refractivity contribution in [1.29, 1.82) is 0 Å². The van der Waals surface area contributed by atoms with Gasteiger partial charge in [-0.05, 0) is 30.7 Å². The fourth-order valence-corrected chi connectivity index (χ4v) is 3.20. The molecule has 0 fully saturated rings. The van der Waals surface area contributed by atoms with E-state index in [9.17, 15) is 0 Å². The second kappa shape index (κ2) is 5.81. The Morgan fingerprint density at radius 3 is 2.35 bits per heavy atom. The molecule has 4 rings (SSSR count). The van der Waals surface area contributed by atoms with E-state index in [1.54, 1.807) is 0 Å². The summed E-state index contributed by atoms with van der Waals surface area (Å²) in [5.74, 6) is 0.916. The number of hydrogen-bond acceptors (Lipinski definition) is 1. The average Bonchev–Trinajstić information content (AvgIpc) is 2.94. The Morgan fingerprint density at radius 1 is 0.783 bits per heavy atom. The summed E-state index contributed by atoms with van der Waals surface area (Å²) in [6, 6.07) is 25.2. The second-order valence-corrected chi connectivity index (χ2v) is 5.71. The van der Waals surface area contributed by atoms with E-state index < -0.39 is 0 Å². The highest BCUT2D eigenvalue weighted by molar-refractivity contribution is 6.08. The first-order valence-corrected chi connectivity index (χ1v) is 8.04. The zero-order chi connectivity index (χ0) is 15.6. The van der Waals surface area contributed by atoms with E-state index in [0.717, 1.165) is 12.3 Å². The molecule has 2 nitrogen and oxygen atoms in total. The predicted octanol–water partition coefficient (Wildman–Crippen LogP) is 5.39. The largest absolute Gasteiger partial charge is 0.489 e. The molecule has 4 aromatic rings. The summed E-state index contributed by atoms with van der Waals surface area (Å²) in [5.41, 5.74) is 3.70. The van der Waals surface area contributed by atoms with E-state index in [2.05, 4.69) is 66.1 Å². The molecule has 0 aliphatic rings. The van der Waals surface area contributed by atoms with Crippen LogP contribution in [0.15, 0.2) is 72.8 Å². The van der Waals surface area contributed by atoms with E-state index in [1.807, 2.05) is 18.2 Å². The summed E-state index contributed by atoms with van der Waals surface area (Å²) in [5, 5.41) is 2.59. The van der Waals surface area contributed by atoms with Crippen LogP contribution in [0, 0.1) is 0 Å². The third kappa shape index (κ3) is 2.46. The highest BCUT2D eigenvalue weighted by atomic mass is 16.5. The van der Waals surface area contributed by atoms with Crippen molar-refractivity contribution in [2.45, 2.75) is 20.1 Å². The fraction of sp³-hybridized carbons (Fsp3) is 0.143. The van der Waals surface area contributed by atoms with Crippen LogP contribution in [-0.2, 0) is 13.2 Å². The van der Waals surface area contributed by atoms with Crippen molar-refractivity contribution in [3.63, 3.8) is 0 Å². The number of benzene rings is 3. The van der Waals surface area contributed by atoms with Gasteiger partial charge in [0.15, 0.2) is 0 Å². The van der Waals surface area contributed by atoms with Crippen molar-refractivity contribution in [3.05, 3.63) is 78.4 Å². The minimum absolute atomic E-state index is 0.596. The third-order valence-corrected chi connectivity index (χ3v) is 4.31. The lowest BCUT2D eigenvalue weighted by Gasteiger charge is -2.08. The lowest BCUT2D eigenvalue weighted by molar-refractivity contribution is 0.306. The fourth-order valence-electron chi connectivity index (χ4n) is 3.20. The molecule has 0 atom stereocenters. The SMILES string of the molecule is CCn1c2ccccc2c2ccc(OCc3ccccc3)cc21. The van der Waals surface area contributed by atoms with Crippen LogP contribution < -0.4 is 4.74 Å². The van der Waals surface area contributed by atoms with Crippen LogP contribution in [0.25, 0.3) is 21.8 Å². The molecule has 1 aromatic heterocycles. The maximum Gasteiger partial charge on any atom is 0.121 e. The van der Waals surface area contributed by atoms with Crippen molar-refractivity contribution in [1.82, 2.24) is 4.57 Å². The van der Waals surface area contributed by atoms with Crippen LogP contribution in [0.4, 0.5) is 0 Å². The van der Waals surface area contributed by atoms with E-state index >= 15 is 0 Å². The van der Waals surface area contributed by atoms with Crippen molar-refractivity contribution >= 4 is 21.8 Å². The van der Waals surface area contributed by atoms with Gasteiger partial charge in [0.25, 0.3) is 0 Å². The molecule has 0 aliphatic heterocycles. The number of ether oxygens (including phenoxy) is 1. The number of hydrogen-bond donors (Lipinski definition) is 0. The molecule has 0 saturated heterocycles. The van der Waals surface area contributed by atoms with Gasteiger partial charge in [-0.3, -0.25) is 0 Å². The highest BCUT2D eigenvalue weighted by Crippen LogP contribution is 2.31. The Morgan fingerprint density at radius 2 is 1.52 bits per heavy atom. The molecule has 2 heteroatoms. The van der Waals surface area contributed by atoms with Gasteiger partial charge in [0, 0.05) is 28.9 Å². The standard InChI is InChI=1S/C21H19NO/c1-2-22-20-11-7-6-10-18(20)19-13-12-17(14-21(19)22)23-15-16-8-4-3-5-9-16/h3-14H,2,15H2,1H3. The number of fused-ring (bicyclic) bond motifs is 3. The molecule has 0 saturated carbocycles. The molecule has 0 N–H and O–H groups in total. The van der Waals surface area contributed by atoms with Gasteiger partial charge in [0.2, 0.25) is 0 Å². The van der Waals surface area contributed by atoms with Gasteiger partial charge < -0.3 is 9.30 Å². The van der Waals surface area contributed by atoms with E-state index in [-0.39, 0.29) is 0 Å². The van der Waals surface area contributed by atoms with E-state index in [0.29, 0.717) is 6.61 Å². The van der Waals surface area contributed by atoms with Gasteiger partial charge in [-0.15, -0.1) is 0 Å². The first kappa shape index (κ1) is 13.9. The molecule has 0 aliphatic carbocycles. The van der Waals surface area contributed by atoms with Gasteiger partial charge in [0.1, 0.15) is 12.4 Å². The summed E-state index contributed by atoms with van der Waals surface area (Å²) in [6.45, 7) is 3.73. The van der Waals surface area contributed by atoms with Crippen LogP contribution in [-0.4, -0.2) is 4.57 Å². The first-order chi connectivity index (χ1) is 11.4. The average molecular weight is 301 g/mol.